The minimum atomic E-state index is -0.570. The molecule has 1 fully saturated rings. The number of fused-ring (bicyclic) bond motifs is 1. The molecule has 0 N–H and O–H groups in total. The lowest BCUT2D eigenvalue weighted by Gasteiger charge is -2.41. The standard InChI is InChI=1S/C16H20N2O/c17-12-16(18-9-5-1-2-6-10-18)13-19-11-14-7-3-4-8-15(14)16/h3-4,7-8H,1-2,5-6,9-11,13H2. The van der Waals surface area contributed by atoms with Crippen molar-refractivity contribution in [2.45, 2.75) is 37.8 Å². The van der Waals surface area contributed by atoms with Gasteiger partial charge in [-0.2, -0.15) is 5.26 Å². The largest absolute Gasteiger partial charge is 0.373 e. The summed E-state index contributed by atoms with van der Waals surface area (Å²) in [6.45, 7) is 3.14. The van der Waals surface area contributed by atoms with Gasteiger partial charge in [0.25, 0.3) is 0 Å². The van der Waals surface area contributed by atoms with E-state index < -0.39 is 5.54 Å². The fourth-order valence-electron chi connectivity index (χ4n) is 3.31. The summed E-state index contributed by atoms with van der Waals surface area (Å²) in [5, 5.41) is 9.86. The number of nitrogens with zero attached hydrogens (tertiary/aromatic N) is 2. The average Bonchev–Trinajstić information content (AvgIpc) is 2.76. The molecule has 3 nitrogen and oxygen atoms in total. The lowest BCUT2D eigenvalue weighted by atomic mass is 9.84. The Hall–Kier alpha value is -1.37. The fraction of sp³-hybridized carbons (Fsp3) is 0.562. The van der Waals surface area contributed by atoms with Crippen molar-refractivity contribution in [2.24, 2.45) is 0 Å². The Bertz CT molecular complexity index is 486. The van der Waals surface area contributed by atoms with Crippen LogP contribution in [0, 0.1) is 11.3 Å². The molecule has 3 heteroatoms. The minimum absolute atomic E-state index is 0.501. The average molecular weight is 256 g/mol. The SMILES string of the molecule is N#CC1(N2CCCCCC2)COCc2ccccc21. The Balaban J connectivity index is 2.02. The Morgan fingerprint density at radius 3 is 2.58 bits per heavy atom. The molecule has 0 aliphatic carbocycles. The molecule has 2 aliphatic heterocycles. The first-order valence-electron chi connectivity index (χ1n) is 7.19. The summed E-state index contributed by atoms with van der Waals surface area (Å²) in [6.07, 6.45) is 4.93. The molecule has 2 heterocycles. The van der Waals surface area contributed by atoms with Crippen LogP contribution in [0.25, 0.3) is 0 Å². The van der Waals surface area contributed by atoms with Crippen LogP contribution in [0.15, 0.2) is 24.3 Å². The molecule has 0 aromatic heterocycles. The first-order chi connectivity index (χ1) is 9.37. The minimum Gasteiger partial charge on any atom is -0.373 e. The maximum atomic E-state index is 9.86. The molecule has 0 spiro atoms. The third-order valence-corrected chi connectivity index (χ3v) is 4.36. The monoisotopic (exact) mass is 256 g/mol. The summed E-state index contributed by atoms with van der Waals surface area (Å²) in [7, 11) is 0. The van der Waals surface area contributed by atoms with Crippen LogP contribution in [-0.4, -0.2) is 24.6 Å². The Morgan fingerprint density at radius 1 is 1.11 bits per heavy atom. The number of likely N-dealkylation sites (tertiary alicyclic amines) is 1. The number of ether oxygens (including phenoxy) is 1. The molecular weight excluding hydrogens is 236 g/mol. The summed E-state index contributed by atoms with van der Waals surface area (Å²) in [5.41, 5.74) is 1.75. The Morgan fingerprint density at radius 2 is 1.84 bits per heavy atom. The highest BCUT2D eigenvalue weighted by atomic mass is 16.5. The predicted octanol–water partition coefficient (Wildman–Crippen LogP) is 2.81. The zero-order chi connectivity index (χ0) is 13.1. The fourth-order valence-corrected chi connectivity index (χ4v) is 3.31. The summed E-state index contributed by atoms with van der Waals surface area (Å²) in [4.78, 5) is 2.35. The van der Waals surface area contributed by atoms with Gasteiger partial charge in [-0.25, -0.2) is 0 Å². The number of hydrogen-bond acceptors (Lipinski definition) is 3. The number of rotatable bonds is 1. The molecule has 1 aromatic carbocycles. The van der Waals surface area contributed by atoms with Crippen LogP contribution in [0.5, 0.6) is 0 Å². The van der Waals surface area contributed by atoms with E-state index in [9.17, 15) is 5.26 Å². The van der Waals surface area contributed by atoms with E-state index in [0.717, 1.165) is 18.7 Å². The molecule has 2 aliphatic rings. The van der Waals surface area contributed by atoms with E-state index in [4.69, 9.17) is 4.74 Å². The molecule has 0 radical (unpaired) electrons. The van der Waals surface area contributed by atoms with Crippen LogP contribution < -0.4 is 0 Å². The highest BCUT2D eigenvalue weighted by Crippen LogP contribution is 2.36. The second-order valence-electron chi connectivity index (χ2n) is 5.52. The van der Waals surface area contributed by atoms with Gasteiger partial charge in [0.15, 0.2) is 5.54 Å². The molecule has 1 saturated heterocycles. The lowest BCUT2D eigenvalue weighted by molar-refractivity contribution is -0.00383. The third-order valence-electron chi connectivity index (χ3n) is 4.36. The van der Waals surface area contributed by atoms with Gasteiger partial charge in [0, 0.05) is 13.1 Å². The topological polar surface area (TPSA) is 36.3 Å². The molecule has 100 valence electrons. The second kappa shape index (κ2) is 5.32. The summed E-state index contributed by atoms with van der Waals surface area (Å²) in [6, 6.07) is 10.8. The summed E-state index contributed by atoms with van der Waals surface area (Å²) in [5.74, 6) is 0. The first-order valence-corrected chi connectivity index (χ1v) is 7.19. The number of hydrogen-bond donors (Lipinski definition) is 0. The molecule has 3 rings (SSSR count). The van der Waals surface area contributed by atoms with Gasteiger partial charge in [0.1, 0.15) is 0 Å². The van der Waals surface area contributed by atoms with Crippen LogP contribution in [-0.2, 0) is 16.9 Å². The molecule has 19 heavy (non-hydrogen) atoms. The normalized spacial score (nSPS) is 28.2. The van der Waals surface area contributed by atoms with Crippen LogP contribution in [0.2, 0.25) is 0 Å². The summed E-state index contributed by atoms with van der Waals surface area (Å²) >= 11 is 0. The van der Waals surface area contributed by atoms with E-state index in [1.165, 1.54) is 31.2 Å². The van der Waals surface area contributed by atoms with Gasteiger partial charge < -0.3 is 4.74 Å². The molecule has 1 atom stereocenters. The van der Waals surface area contributed by atoms with Gasteiger partial charge in [-0.1, -0.05) is 37.1 Å². The van der Waals surface area contributed by atoms with Gasteiger partial charge in [-0.3, -0.25) is 4.90 Å². The third kappa shape index (κ3) is 2.16. The van der Waals surface area contributed by atoms with Gasteiger partial charge in [-0.15, -0.1) is 0 Å². The van der Waals surface area contributed by atoms with Crippen molar-refractivity contribution in [3.63, 3.8) is 0 Å². The van der Waals surface area contributed by atoms with E-state index in [1.54, 1.807) is 0 Å². The van der Waals surface area contributed by atoms with E-state index >= 15 is 0 Å². The van der Waals surface area contributed by atoms with Crippen molar-refractivity contribution in [3.05, 3.63) is 35.4 Å². The van der Waals surface area contributed by atoms with E-state index in [0.29, 0.717) is 13.2 Å². The maximum Gasteiger partial charge on any atom is 0.158 e. The zero-order valence-electron chi connectivity index (χ0n) is 11.3. The summed E-state index contributed by atoms with van der Waals surface area (Å²) < 4.78 is 5.73. The Kier molecular flexibility index (Phi) is 3.54. The van der Waals surface area contributed by atoms with Crippen LogP contribution in [0.1, 0.15) is 36.8 Å². The van der Waals surface area contributed by atoms with Crippen LogP contribution >= 0.6 is 0 Å². The molecule has 1 aromatic rings. The van der Waals surface area contributed by atoms with Gasteiger partial charge in [0.2, 0.25) is 0 Å². The number of benzene rings is 1. The van der Waals surface area contributed by atoms with Crippen molar-refractivity contribution in [1.29, 1.82) is 5.26 Å². The van der Waals surface area contributed by atoms with Crippen molar-refractivity contribution in [1.82, 2.24) is 4.90 Å². The van der Waals surface area contributed by atoms with Gasteiger partial charge in [-0.05, 0) is 24.0 Å². The molecular formula is C16H20N2O. The van der Waals surface area contributed by atoms with Crippen molar-refractivity contribution in [2.75, 3.05) is 19.7 Å². The molecule has 0 amide bonds. The Labute approximate surface area is 114 Å². The quantitative estimate of drug-likeness (QED) is 0.775. The van der Waals surface area contributed by atoms with Crippen LogP contribution in [0.3, 0.4) is 0 Å². The van der Waals surface area contributed by atoms with Crippen LogP contribution in [0.4, 0.5) is 0 Å². The second-order valence-corrected chi connectivity index (χ2v) is 5.52. The highest BCUT2D eigenvalue weighted by Gasteiger charge is 2.43. The molecule has 1 unspecified atom stereocenters. The van der Waals surface area contributed by atoms with Gasteiger partial charge >= 0.3 is 0 Å². The molecule has 0 saturated carbocycles. The number of nitriles is 1. The smallest absolute Gasteiger partial charge is 0.158 e. The predicted molar refractivity (Wildman–Crippen MR) is 73.4 cm³/mol. The van der Waals surface area contributed by atoms with Crippen molar-refractivity contribution >= 4 is 0 Å². The molecule has 0 bridgehead atoms. The van der Waals surface area contributed by atoms with E-state index in [2.05, 4.69) is 23.1 Å². The van der Waals surface area contributed by atoms with E-state index in [-0.39, 0.29) is 0 Å². The van der Waals surface area contributed by atoms with Gasteiger partial charge in [0.05, 0.1) is 19.3 Å². The highest BCUT2D eigenvalue weighted by molar-refractivity contribution is 5.40. The first kappa shape index (κ1) is 12.7. The van der Waals surface area contributed by atoms with Crippen molar-refractivity contribution in [3.8, 4) is 6.07 Å². The zero-order valence-corrected chi connectivity index (χ0v) is 11.3. The van der Waals surface area contributed by atoms with E-state index in [1.807, 2.05) is 12.1 Å². The lowest BCUT2D eigenvalue weighted by Crippen LogP contribution is -2.51. The van der Waals surface area contributed by atoms with Crippen molar-refractivity contribution < 1.29 is 4.74 Å². The maximum absolute atomic E-state index is 9.86.